The first-order valence-electron chi connectivity index (χ1n) is 11.9. The molecule has 2 aromatic heterocycles. The van der Waals surface area contributed by atoms with Crippen LogP contribution in [0.4, 0.5) is 11.5 Å². The fourth-order valence-electron chi connectivity index (χ4n) is 3.85. The van der Waals surface area contributed by atoms with Crippen molar-refractivity contribution in [2.24, 2.45) is 0 Å². The fourth-order valence-corrected chi connectivity index (χ4v) is 3.85. The van der Waals surface area contributed by atoms with E-state index in [0.29, 0.717) is 43.3 Å². The lowest BCUT2D eigenvalue weighted by Crippen LogP contribution is -2.29. The Hall–Kier alpha value is -4.44. The molecular weight excluding hydrogens is 472 g/mol. The summed E-state index contributed by atoms with van der Waals surface area (Å²) in [5, 5.41) is 8.83. The number of anilines is 2. The van der Waals surface area contributed by atoms with Gasteiger partial charge in [0.1, 0.15) is 5.75 Å². The smallest absolute Gasteiger partial charge is 0.251 e. The van der Waals surface area contributed by atoms with Crippen molar-refractivity contribution in [3.05, 3.63) is 72.2 Å². The Morgan fingerprint density at radius 3 is 2.46 bits per heavy atom. The van der Waals surface area contributed by atoms with Crippen LogP contribution in [0.5, 0.6) is 5.75 Å². The van der Waals surface area contributed by atoms with E-state index in [9.17, 15) is 9.59 Å². The number of hydrogen-bond acceptors (Lipinski definition) is 7. The van der Waals surface area contributed by atoms with Crippen molar-refractivity contribution in [1.82, 2.24) is 25.0 Å². The minimum Gasteiger partial charge on any atom is -0.497 e. The highest BCUT2D eigenvalue weighted by Gasteiger charge is 2.13. The standard InChI is InChI=1S/C27H30N6O4/c1-18-16-21(6-9-23(18)27(35)30-12-15-37-14-11-28-19(2)34)32-25-26-31-17-24(33(26)13-10-29-25)20-4-7-22(36-3)8-5-20/h4-10,13,16-17H,11-12,14-15H2,1-3H3,(H,28,34)(H,29,32)(H,30,35). The third-order valence-corrected chi connectivity index (χ3v) is 5.70. The highest BCUT2D eigenvalue weighted by molar-refractivity contribution is 5.96. The van der Waals surface area contributed by atoms with Gasteiger partial charge in [-0.05, 0) is 55.0 Å². The zero-order chi connectivity index (χ0) is 26.2. The lowest BCUT2D eigenvalue weighted by Gasteiger charge is -2.12. The summed E-state index contributed by atoms with van der Waals surface area (Å²) in [7, 11) is 1.64. The number of benzene rings is 2. The number of aryl methyl sites for hydroxylation is 1. The van der Waals surface area contributed by atoms with Crippen LogP contribution < -0.4 is 20.7 Å². The molecule has 2 aromatic carbocycles. The van der Waals surface area contributed by atoms with Crippen molar-refractivity contribution in [2.75, 3.05) is 38.7 Å². The molecule has 0 radical (unpaired) electrons. The van der Waals surface area contributed by atoms with Crippen molar-refractivity contribution in [1.29, 1.82) is 0 Å². The summed E-state index contributed by atoms with van der Waals surface area (Å²) in [6.07, 6.45) is 5.40. The molecule has 0 aliphatic heterocycles. The Labute approximate surface area is 215 Å². The molecule has 37 heavy (non-hydrogen) atoms. The monoisotopic (exact) mass is 502 g/mol. The van der Waals surface area contributed by atoms with Crippen LogP contribution in [0.1, 0.15) is 22.8 Å². The van der Waals surface area contributed by atoms with Gasteiger partial charge in [-0.1, -0.05) is 0 Å². The second-order valence-electron chi connectivity index (χ2n) is 8.35. The second-order valence-corrected chi connectivity index (χ2v) is 8.35. The molecule has 2 heterocycles. The number of carbonyl (C=O) groups is 2. The van der Waals surface area contributed by atoms with Gasteiger partial charge in [-0.2, -0.15) is 0 Å². The number of rotatable bonds is 11. The molecule has 2 amide bonds. The number of imidazole rings is 1. The number of amides is 2. The number of carbonyl (C=O) groups excluding carboxylic acids is 2. The van der Waals surface area contributed by atoms with Crippen LogP contribution in [-0.4, -0.2) is 59.6 Å². The van der Waals surface area contributed by atoms with Crippen LogP contribution in [0.2, 0.25) is 0 Å². The first kappa shape index (κ1) is 25.6. The maximum Gasteiger partial charge on any atom is 0.251 e. The Bertz CT molecular complexity index is 1380. The number of fused-ring (bicyclic) bond motifs is 1. The van der Waals surface area contributed by atoms with Crippen LogP contribution >= 0.6 is 0 Å². The van der Waals surface area contributed by atoms with E-state index in [1.165, 1.54) is 6.92 Å². The predicted molar refractivity (Wildman–Crippen MR) is 141 cm³/mol. The molecule has 0 aliphatic rings. The number of nitrogens with one attached hydrogen (secondary N) is 3. The largest absolute Gasteiger partial charge is 0.497 e. The summed E-state index contributed by atoms with van der Waals surface area (Å²) in [5.74, 6) is 1.13. The average molecular weight is 503 g/mol. The first-order chi connectivity index (χ1) is 18.0. The fraction of sp³-hybridized carbons (Fsp3) is 0.259. The molecule has 0 atom stereocenters. The Morgan fingerprint density at radius 1 is 1.00 bits per heavy atom. The van der Waals surface area contributed by atoms with Gasteiger partial charge in [-0.3, -0.25) is 14.0 Å². The minimum atomic E-state index is -0.174. The van der Waals surface area contributed by atoms with Crippen LogP contribution in [-0.2, 0) is 9.53 Å². The van der Waals surface area contributed by atoms with Crippen molar-refractivity contribution in [2.45, 2.75) is 13.8 Å². The molecule has 0 bridgehead atoms. The normalized spacial score (nSPS) is 10.8. The zero-order valence-electron chi connectivity index (χ0n) is 21.1. The molecule has 0 fully saturated rings. The number of nitrogens with zero attached hydrogens (tertiary/aromatic N) is 3. The van der Waals surface area contributed by atoms with E-state index < -0.39 is 0 Å². The Balaban J connectivity index is 1.39. The lowest BCUT2D eigenvalue weighted by molar-refractivity contribution is -0.119. The minimum absolute atomic E-state index is 0.0964. The molecule has 0 spiro atoms. The van der Waals surface area contributed by atoms with Crippen molar-refractivity contribution in [3.63, 3.8) is 0 Å². The average Bonchev–Trinajstić information content (AvgIpc) is 3.33. The third-order valence-electron chi connectivity index (χ3n) is 5.70. The number of aromatic nitrogens is 3. The van der Waals surface area contributed by atoms with Gasteiger partial charge in [0, 0.05) is 49.2 Å². The molecule has 4 aromatic rings. The first-order valence-corrected chi connectivity index (χ1v) is 11.9. The summed E-state index contributed by atoms with van der Waals surface area (Å²) >= 11 is 0. The van der Waals surface area contributed by atoms with Crippen LogP contribution in [0, 0.1) is 6.92 Å². The Kier molecular flexibility index (Phi) is 8.32. The summed E-state index contributed by atoms with van der Waals surface area (Å²) in [4.78, 5) is 32.5. The van der Waals surface area contributed by atoms with Gasteiger partial charge in [-0.25, -0.2) is 9.97 Å². The van der Waals surface area contributed by atoms with Crippen LogP contribution in [0.15, 0.2) is 61.1 Å². The summed E-state index contributed by atoms with van der Waals surface area (Å²) in [5.41, 5.74) is 4.83. The van der Waals surface area contributed by atoms with Gasteiger partial charge in [-0.15, -0.1) is 0 Å². The van der Waals surface area contributed by atoms with Gasteiger partial charge >= 0.3 is 0 Å². The molecule has 0 unspecified atom stereocenters. The van der Waals surface area contributed by atoms with Crippen molar-refractivity contribution >= 4 is 29.0 Å². The molecule has 10 heteroatoms. The molecule has 4 rings (SSSR count). The molecule has 3 N–H and O–H groups in total. The maximum atomic E-state index is 12.6. The van der Waals surface area contributed by atoms with E-state index in [-0.39, 0.29) is 11.8 Å². The van der Waals surface area contributed by atoms with Gasteiger partial charge in [0.05, 0.1) is 32.2 Å². The van der Waals surface area contributed by atoms with E-state index in [0.717, 1.165) is 28.3 Å². The summed E-state index contributed by atoms with van der Waals surface area (Å²) in [6.45, 7) is 4.92. The highest BCUT2D eigenvalue weighted by Crippen LogP contribution is 2.27. The quantitative estimate of drug-likeness (QED) is 0.269. The molecule has 192 valence electrons. The molecule has 0 saturated carbocycles. The maximum absolute atomic E-state index is 12.6. The van der Waals surface area contributed by atoms with E-state index in [1.54, 1.807) is 19.4 Å². The molecule has 0 saturated heterocycles. The molecule has 0 aliphatic carbocycles. The molecular formula is C27H30N6O4. The van der Waals surface area contributed by atoms with Crippen molar-refractivity contribution < 1.29 is 19.1 Å². The topological polar surface area (TPSA) is 119 Å². The SMILES string of the molecule is COc1ccc(-c2cnc3c(Nc4ccc(C(=O)NCCOCCNC(C)=O)c(C)c4)nccn23)cc1. The highest BCUT2D eigenvalue weighted by atomic mass is 16.5. The van der Waals surface area contributed by atoms with Crippen LogP contribution in [0.3, 0.4) is 0 Å². The van der Waals surface area contributed by atoms with E-state index >= 15 is 0 Å². The van der Waals surface area contributed by atoms with Gasteiger partial charge in [0.25, 0.3) is 5.91 Å². The molecule has 10 nitrogen and oxygen atoms in total. The Morgan fingerprint density at radius 2 is 1.76 bits per heavy atom. The van der Waals surface area contributed by atoms with E-state index in [2.05, 4.69) is 25.9 Å². The predicted octanol–water partition coefficient (Wildman–Crippen LogP) is 3.34. The van der Waals surface area contributed by atoms with Gasteiger partial charge in [0.15, 0.2) is 11.5 Å². The number of hydrogen-bond donors (Lipinski definition) is 3. The third kappa shape index (κ3) is 6.42. The summed E-state index contributed by atoms with van der Waals surface area (Å²) in [6, 6.07) is 13.3. The van der Waals surface area contributed by atoms with E-state index in [1.807, 2.05) is 60.1 Å². The zero-order valence-corrected chi connectivity index (χ0v) is 21.1. The van der Waals surface area contributed by atoms with Crippen molar-refractivity contribution in [3.8, 4) is 17.0 Å². The lowest BCUT2D eigenvalue weighted by atomic mass is 10.1. The van der Waals surface area contributed by atoms with Gasteiger partial charge < -0.3 is 25.4 Å². The number of methoxy groups -OCH3 is 1. The number of ether oxygens (including phenoxy) is 2. The second kappa shape index (κ2) is 12.0. The van der Waals surface area contributed by atoms with Gasteiger partial charge in [0.2, 0.25) is 5.91 Å². The summed E-state index contributed by atoms with van der Waals surface area (Å²) < 4.78 is 12.6. The van der Waals surface area contributed by atoms with Crippen LogP contribution in [0.25, 0.3) is 16.9 Å². The van der Waals surface area contributed by atoms with E-state index in [4.69, 9.17) is 9.47 Å².